The molecule has 9 heteroatoms. The fourth-order valence-corrected chi connectivity index (χ4v) is 3.84. The first-order valence-electron chi connectivity index (χ1n) is 9.54. The van der Waals surface area contributed by atoms with Gasteiger partial charge in [0.2, 0.25) is 15.9 Å². The van der Waals surface area contributed by atoms with Gasteiger partial charge in [-0.25, -0.2) is 8.42 Å². The number of amides is 1. The fraction of sp³-hybridized carbons (Fsp3) is 0.381. The standard InChI is InChI=1S/C21H27ClN2O5S/c1-4-5-16-6-9-18(10-7-16)29-13-12-23-21(25)15-24(30(3,26)27)19-14-17(22)8-11-20(19)28-2/h6-11,14H,4-5,12-13,15H2,1-3H3,(H,23,25). The third-order valence-corrected chi connectivity index (χ3v) is 5.61. The highest BCUT2D eigenvalue weighted by molar-refractivity contribution is 7.92. The average molecular weight is 455 g/mol. The van der Waals surface area contributed by atoms with Crippen molar-refractivity contribution in [2.45, 2.75) is 19.8 Å². The highest BCUT2D eigenvalue weighted by Gasteiger charge is 2.24. The van der Waals surface area contributed by atoms with Gasteiger partial charge >= 0.3 is 0 Å². The SMILES string of the molecule is CCCc1ccc(OCCNC(=O)CN(c2cc(Cl)ccc2OC)S(C)(=O)=O)cc1. The molecule has 2 aromatic rings. The maximum absolute atomic E-state index is 12.3. The molecule has 0 aliphatic heterocycles. The zero-order valence-electron chi connectivity index (χ0n) is 17.4. The molecule has 0 spiro atoms. The normalized spacial score (nSPS) is 11.1. The molecule has 0 saturated carbocycles. The lowest BCUT2D eigenvalue weighted by Crippen LogP contribution is -2.41. The lowest BCUT2D eigenvalue weighted by atomic mass is 10.1. The summed E-state index contributed by atoms with van der Waals surface area (Å²) in [6, 6.07) is 12.4. The summed E-state index contributed by atoms with van der Waals surface area (Å²) in [6.07, 6.45) is 3.12. The molecule has 2 rings (SSSR count). The molecule has 2 aromatic carbocycles. The summed E-state index contributed by atoms with van der Waals surface area (Å²) in [5.74, 6) is 0.544. The molecular formula is C21H27ClN2O5S. The van der Waals surface area contributed by atoms with Gasteiger partial charge in [-0.3, -0.25) is 9.10 Å². The minimum Gasteiger partial charge on any atom is -0.495 e. The first-order valence-corrected chi connectivity index (χ1v) is 11.8. The van der Waals surface area contributed by atoms with Gasteiger partial charge in [0.25, 0.3) is 0 Å². The summed E-state index contributed by atoms with van der Waals surface area (Å²) < 4.78 is 36.3. The third kappa shape index (κ3) is 7.11. The van der Waals surface area contributed by atoms with Crippen LogP contribution in [0.2, 0.25) is 5.02 Å². The fourth-order valence-electron chi connectivity index (χ4n) is 2.83. The van der Waals surface area contributed by atoms with E-state index in [1.54, 1.807) is 12.1 Å². The van der Waals surface area contributed by atoms with E-state index < -0.39 is 22.5 Å². The quantitative estimate of drug-likeness (QED) is 0.527. The van der Waals surface area contributed by atoms with Gasteiger partial charge in [0, 0.05) is 5.02 Å². The van der Waals surface area contributed by atoms with E-state index in [-0.39, 0.29) is 18.8 Å². The van der Waals surface area contributed by atoms with E-state index >= 15 is 0 Å². The van der Waals surface area contributed by atoms with Crippen LogP contribution in [-0.2, 0) is 21.2 Å². The number of anilines is 1. The molecule has 30 heavy (non-hydrogen) atoms. The number of sulfonamides is 1. The zero-order valence-corrected chi connectivity index (χ0v) is 18.9. The lowest BCUT2D eigenvalue weighted by Gasteiger charge is -2.24. The lowest BCUT2D eigenvalue weighted by molar-refractivity contribution is -0.119. The number of halogens is 1. The molecule has 0 heterocycles. The van der Waals surface area contributed by atoms with Crippen molar-refractivity contribution in [3.05, 3.63) is 53.1 Å². The number of hydrogen-bond acceptors (Lipinski definition) is 5. The van der Waals surface area contributed by atoms with Crippen molar-refractivity contribution < 1.29 is 22.7 Å². The van der Waals surface area contributed by atoms with Crippen LogP contribution >= 0.6 is 11.6 Å². The van der Waals surface area contributed by atoms with E-state index in [2.05, 4.69) is 12.2 Å². The maximum Gasteiger partial charge on any atom is 0.240 e. The van der Waals surface area contributed by atoms with E-state index in [0.717, 1.165) is 23.4 Å². The van der Waals surface area contributed by atoms with Gasteiger partial charge in [0.05, 0.1) is 25.6 Å². The first kappa shape index (κ1) is 23.8. The Bertz CT molecular complexity index is 948. The van der Waals surface area contributed by atoms with Crippen LogP contribution in [0.5, 0.6) is 11.5 Å². The number of nitrogens with zero attached hydrogens (tertiary/aromatic N) is 1. The van der Waals surface area contributed by atoms with Gasteiger partial charge in [-0.2, -0.15) is 0 Å². The van der Waals surface area contributed by atoms with Gasteiger partial charge in [-0.1, -0.05) is 37.1 Å². The molecule has 0 saturated heterocycles. The van der Waals surface area contributed by atoms with E-state index in [0.29, 0.717) is 16.5 Å². The molecule has 164 valence electrons. The van der Waals surface area contributed by atoms with Crippen molar-refractivity contribution in [3.63, 3.8) is 0 Å². The van der Waals surface area contributed by atoms with E-state index in [1.807, 2.05) is 24.3 Å². The summed E-state index contributed by atoms with van der Waals surface area (Å²) >= 11 is 6.00. The molecule has 1 amide bonds. The summed E-state index contributed by atoms with van der Waals surface area (Å²) in [6.45, 7) is 2.22. The van der Waals surface area contributed by atoms with Crippen molar-refractivity contribution in [2.24, 2.45) is 0 Å². The second-order valence-corrected chi connectivity index (χ2v) is 9.02. The Hall–Kier alpha value is -2.45. The van der Waals surface area contributed by atoms with Crippen molar-refractivity contribution in [1.82, 2.24) is 5.32 Å². The highest BCUT2D eigenvalue weighted by atomic mass is 35.5. The Morgan fingerprint density at radius 1 is 1.17 bits per heavy atom. The summed E-state index contributed by atoms with van der Waals surface area (Å²) in [5, 5.41) is 3.00. The summed E-state index contributed by atoms with van der Waals surface area (Å²) in [7, 11) is -2.33. The van der Waals surface area contributed by atoms with Crippen LogP contribution in [0.1, 0.15) is 18.9 Å². The van der Waals surface area contributed by atoms with Crippen molar-refractivity contribution in [1.29, 1.82) is 0 Å². The minimum atomic E-state index is -3.74. The van der Waals surface area contributed by atoms with Gasteiger partial charge in [0.15, 0.2) is 0 Å². The predicted octanol–water partition coefficient (Wildman–Crippen LogP) is 3.26. The molecular weight excluding hydrogens is 428 g/mol. The number of carbonyl (C=O) groups excluding carboxylic acids is 1. The number of methoxy groups -OCH3 is 1. The molecule has 0 fully saturated rings. The van der Waals surface area contributed by atoms with Crippen LogP contribution in [0.4, 0.5) is 5.69 Å². The molecule has 1 N–H and O–H groups in total. The zero-order chi connectivity index (χ0) is 22.1. The Morgan fingerprint density at radius 2 is 1.87 bits per heavy atom. The van der Waals surface area contributed by atoms with Crippen LogP contribution in [-0.4, -0.2) is 47.4 Å². The maximum atomic E-state index is 12.3. The van der Waals surface area contributed by atoms with Crippen molar-refractivity contribution in [2.75, 3.05) is 37.4 Å². The second kappa shape index (κ2) is 11.1. The summed E-state index contributed by atoms with van der Waals surface area (Å²) in [5.41, 5.74) is 1.45. The van der Waals surface area contributed by atoms with Crippen LogP contribution in [0, 0.1) is 0 Å². The van der Waals surface area contributed by atoms with Crippen LogP contribution in [0.15, 0.2) is 42.5 Å². The topological polar surface area (TPSA) is 84.9 Å². The van der Waals surface area contributed by atoms with Gasteiger partial charge < -0.3 is 14.8 Å². The van der Waals surface area contributed by atoms with Crippen LogP contribution in [0.25, 0.3) is 0 Å². The Labute approximate surface area is 183 Å². The van der Waals surface area contributed by atoms with Crippen LogP contribution < -0.4 is 19.1 Å². The molecule has 7 nitrogen and oxygen atoms in total. The number of nitrogens with one attached hydrogen (secondary N) is 1. The Balaban J connectivity index is 1.93. The Kier molecular flexibility index (Phi) is 8.80. The van der Waals surface area contributed by atoms with E-state index in [4.69, 9.17) is 21.1 Å². The molecule has 0 aliphatic rings. The first-order chi connectivity index (χ1) is 14.2. The number of carbonyl (C=O) groups is 1. The number of hydrogen-bond donors (Lipinski definition) is 1. The van der Waals surface area contributed by atoms with Gasteiger partial charge in [-0.05, 0) is 42.3 Å². The second-order valence-electron chi connectivity index (χ2n) is 6.68. The molecule has 0 aliphatic carbocycles. The predicted molar refractivity (Wildman–Crippen MR) is 119 cm³/mol. The molecule has 0 aromatic heterocycles. The van der Waals surface area contributed by atoms with Crippen molar-refractivity contribution in [3.8, 4) is 11.5 Å². The minimum absolute atomic E-state index is 0.200. The molecule has 0 atom stereocenters. The van der Waals surface area contributed by atoms with E-state index in [1.165, 1.54) is 18.7 Å². The number of rotatable bonds is 11. The molecule has 0 radical (unpaired) electrons. The van der Waals surface area contributed by atoms with Gasteiger partial charge in [0.1, 0.15) is 24.7 Å². The van der Waals surface area contributed by atoms with Gasteiger partial charge in [-0.15, -0.1) is 0 Å². The third-order valence-electron chi connectivity index (χ3n) is 4.25. The largest absolute Gasteiger partial charge is 0.495 e. The van der Waals surface area contributed by atoms with Crippen molar-refractivity contribution >= 4 is 33.2 Å². The smallest absolute Gasteiger partial charge is 0.240 e. The van der Waals surface area contributed by atoms with E-state index in [9.17, 15) is 13.2 Å². The highest BCUT2D eigenvalue weighted by Crippen LogP contribution is 2.32. The van der Waals surface area contributed by atoms with Crippen LogP contribution in [0.3, 0.4) is 0 Å². The monoisotopic (exact) mass is 454 g/mol. The number of ether oxygens (including phenoxy) is 2. The molecule has 0 unspecified atom stereocenters. The number of aryl methyl sites for hydroxylation is 1. The molecule has 0 bridgehead atoms. The summed E-state index contributed by atoms with van der Waals surface area (Å²) in [4.78, 5) is 12.3. The Morgan fingerprint density at radius 3 is 2.47 bits per heavy atom. The average Bonchev–Trinajstić information content (AvgIpc) is 2.70. The number of benzene rings is 2.